The number of aryl methyl sites for hydroxylation is 1. The van der Waals surface area contributed by atoms with Crippen LogP contribution in [0.4, 0.5) is 13.2 Å². The van der Waals surface area contributed by atoms with Gasteiger partial charge in [0.25, 0.3) is 0 Å². The van der Waals surface area contributed by atoms with Gasteiger partial charge in [-0.15, -0.1) is 0 Å². The number of halogens is 3. The van der Waals surface area contributed by atoms with Crippen molar-refractivity contribution in [1.29, 1.82) is 0 Å². The van der Waals surface area contributed by atoms with Gasteiger partial charge in [0.15, 0.2) is 5.82 Å². The number of aromatic amines is 1. The summed E-state index contributed by atoms with van der Waals surface area (Å²) in [5.41, 5.74) is 1.39. The van der Waals surface area contributed by atoms with Gasteiger partial charge in [-0.1, -0.05) is 36.1 Å². The standard InChI is InChI=1S/C31H21F3N4O2/c1-20-6-4-7-22(18-20)12-11-21-13-15-23(16-14-21)28-36-29(38-30(39)37-28)27-25(31(32,33)34)9-5-10-26(27)40-19-24-8-2-3-17-35-24/h2-10,13-18H,19H2,1H3,(H,36,37,38,39). The van der Waals surface area contributed by atoms with Crippen molar-refractivity contribution in [2.24, 2.45) is 0 Å². The molecule has 0 aliphatic carbocycles. The summed E-state index contributed by atoms with van der Waals surface area (Å²) in [4.78, 5) is 27.2. The summed E-state index contributed by atoms with van der Waals surface area (Å²) in [7, 11) is 0. The number of alkyl halides is 3. The first-order chi connectivity index (χ1) is 19.3. The Morgan fingerprint density at radius 3 is 2.38 bits per heavy atom. The minimum absolute atomic E-state index is 0.0374. The van der Waals surface area contributed by atoms with Crippen LogP contribution in [0.1, 0.15) is 27.9 Å². The number of ether oxygens (including phenoxy) is 1. The van der Waals surface area contributed by atoms with E-state index in [1.807, 2.05) is 31.2 Å². The zero-order chi connectivity index (χ0) is 28.1. The van der Waals surface area contributed by atoms with Crippen molar-refractivity contribution >= 4 is 0 Å². The zero-order valence-electron chi connectivity index (χ0n) is 21.2. The van der Waals surface area contributed by atoms with Gasteiger partial charge in [0, 0.05) is 22.9 Å². The molecule has 0 aliphatic rings. The molecular formula is C31H21F3N4O2. The third kappa shape index (κ3) is 6.25. The van der Waals surface area contributed by atoms with Crippen LogP contribution in [0.3, 0.4) is 0 Å². The molecule has 0 fully saturated rings. The first kappa shape index (κ1) is 26.4. The smallest absolute Gasteiger partial charge is 0.417 e. The molecule has 1 N–H and O–H groups in total. The Morgan fingerprint density at radius 2 is 1.65 bits per heavy atom. The second kappa shape index (κ2) is 11.3. The normalized spacial score (nSPS) is 11.0. The average Bonchev–Trinajstić information content (AvgIpc) is 2.95. The van der Waals surface area contributed by atoms with Crippen molar-refractivity contribution < 1.29 is 17.9 Å². The molecule has 0 saturated carbocycles. The molecule has 3 aromatic carbocycles. The molecule has 9 heteroatoms. The number of aromatic nitrogens is 4. The van der Waals surface area contributed by atoms with Gasteiger partial charge < -0.3 is 4.74 Å². The van der Waals surface area contributed by atoms with E-state index in [-0.39, 0.29) is 24.0 Å². The Kier molecular flexibility index (Phi) is 7.42. The number of H-pyrrole nitrogens is 1. The van der Waals surface area contributed by atoms with E-state index < -0.39 is 23.0 Å². The van der Waals surface area contributed by atoms with Crippen LogP contribution in [0.15, 0.2) is 95.9 Å². The second-order valence-electron chi connectivity index (χ2n) is 8.81. The number of nitrogens with zero attached hydrogens (tertiary/aromatic N) is 3. The lowest BCUT2D eigenvalue weighted by molar-refractivity contribution is -0.137. The van der Waals surface area contributed by atoms with Crippen molar-refractivity contribution in [3.63, 3.8) is 0 Å². The molecule has 0 spiro atoms. The Bertz CT molecular complexity index is 1770. The molecule has 0 atom stereocenters. The fourth-order valence-electron chi connectivity index (χ4n) is 3.97. The highest BCUT2D eigenvalue weighted by atomic mass is 19.4. The number of benzene rings is 3. The van der Waals surface area contributed by atoms with E-state index >= 15 is 0 Å². The van der Waals surface area contributed by atoms with Gasteiger partial charge in [-0.3, -0.25) is 9.97 Å². The summed E-state index contributed by atoms with van der Waals surface area (Å²) in [6, 6.07) is 23.2. The predicted molar refractivity (Wildman–Crippen MR) is 144 cm³/mol. The van der Waals surface area contributed by atoms with Crippen molar-refractivity contribution in [2.75, 3.05) is 0 Å². The molecule has 5 rings (SSSR count). The lowest BCUT2D eigenvalue weighted by Crippen LogP contribution is -2.17. The van der Waals surface area contributed by atoms with Crippen molar-refractivity contribution in [1.82, 2.24) is 19.9 Å². The van der Waals surface area contributed by atoms with E-state index in [9.17, 15) is 18.0 Å². The Morgan fingerprint density at radius 1 is 0.875 bits per heavy atom. The first-order valence-electron chi connectivity index (χ1n) is 12.2. The molecule has 6 nitrogen and oxygen atoms in total. The summed E-state index contributed by atoms with van der Waals surface area (Å²) in [5.74, 6) is 5.70. The molecule has 198 valence electrons. The van der Waals surface area contributed by atoms with Crippen LogP contribution in [0.5, 0.6) is 5.75 Å². The number of pyridine rings is 1. The minimum atomic E-state index is -4.74. The minimum Gasteiger partial charge on any atom is -0.487 e. The molecule has 5 aromatic rings. The van der Waals surface area contributed by atoms with Crippen molar-refractivity contribution in [2.45, 2.75) is 19.7 Å². The van der Waals surface area contributed by atoms with E-state index in [0.717, 1.165) is 17.2 Å². The SMILES string of the molecule is Cc1cccc(C#Cc2ccc(-c3nc(-c4c(OCc5ccccn5)cccc4C(F)(F)F)[nH]c(=O)n3)cc2)c1. The van der Waals surface area contributed by atoms with E-state index in [1.54, 1.807) is 48.7 Å². The van der Waals surface area contributed by atoms with Gasteiger partial charge in [-0.2, -0.15) is 18.2 Å². The summed E-state index contributed by atoms with van der Waals surface area (Å²) in [6.07, 6.45) is -3.18. The molecule has 0 saturated heterocycles. The maximum atomic E-state index is 14.0. The highest BCUT2D eigenvalue weighted by Crippen LogP contribution is 2.41. The maximum absolute atomic E-state index is 14.0. The molecule has 40 heavy (non-hydrogen) atoms. The van der Waals surface area contributed by atoms with Crippen LogP contribution in [0, 0.1) is 18.8 Å². The lowest BCUT2D eigenvalue weighted by atomic mass is 10.0. The van der Waals surface area contributed by atoms with E-state index in [4.69, 9.17) is 4.74 Å². The number of rotatable bonds is 5. The second-order valence-corrected chi connectivity index (χ2v) is 8.81. The van der Waals surface area contributed by atoms with Crippen LogP contribution in [0.2, 0.25) is 0 Å². The van der Waals surface area contributed by atoms with Crippen LogP contribution < -0.4 is 10.4 Å². The van der Waals surface area contributed by atoms with Gasteiger partial charge in [-0.05, 0) is 73.2 Å². The molecule has 0 bridgehead atoms. The molecular weight excluding hydrogens is 517 g/mol. The highest BCUT2D eigenvalue weighted by molar-refractivity contribution is 5.71. The Labute approximate surface area is 227 Å². The predicted octanol–water partition coefficient (Wildman–Crippen LogP) is 6.20. The fourth-order valence-corrected chi connectivity index (χ4v) is 3.97. The van der Waals surface area contributed by atoms with Gasteiger partial charge >= 0.3 is 11.9 Å². The zero-order valence-corrected chi connectivity index (χ0v) is 21.2. The van der Waals surface area contributed by atoms with Crippen molar-refractivity contribution in [3.8, 4) is 40.4 Å². The van der Waals surface area contributed by atoms with Crippen LogP contribution >= 0.6 is 0 Å². The summed E-state index contributed by atoms with van der Waals surface area (Å²) in [5, 5.41) is 0. The maximum Gasteiger partial charge on any atom is 0.417 e. The summed E-state index contributed by atoms with van der Waals surface area (Å²) < 4.78 is 47.9. The third-order valence-corrected chi connectivity index (χ3v) is 5.83. The molecule has 0 amide bonds. The van der Waals surface area contributed by atoms with Gasteiger partial charge in [0.05, 0.1) is 16.8 Å². The lowest BCUT2D eigenvalue weighted by Gasteiger charge is -2.17. The Hall–Kier alpha value is -5.23. The molecule has 0 radical (unpaired) electrons. The topological polar surface area (TPSA) is 80.8 Å². The van der Waals surface area contributed by atoms with Crippen LogP contribution in [-0.2, 0) is 12.8 Å². The third-order valence-electron chi connectivity index (χ3n) is 5.83. The van der Waals surface area contributed by atoms with Gasteiger partial charge in [0.2, 0.25) is 0 Å². The molecule has 2 heterocycles. The monoisotopic (exact) mass is 538 g/mol. The van der Waals surface area contributed by atoms with E-state index in [2.05, 4.69) is 31.8 Å². The van der Waals surface area contributed by atoms with Crippen LogP contribution in [0.25, 0.3) is 22.8 Å². The van der Waals surface area contributed by atoms with Crippen molar-refractivity contribution in [3.05, 3.63) is 130 Å². The van der Waals surface area contributed by atoms with Crippen LogP contribution in [-0.4, -0.2) is 19.9 Å². The number of hydrogen-bond donors (Lipinski definition) is 1. The molecule has 0 unspecified atom stereocenters. The number of nitrogens with one attached hydrogen (secondary N) is 1. The van der Waals surface area contributed by atoms with E-state index in [1.165, 1.54) is 12.1 Å². The highest BCUT2D eigenvalue weighted by Gasteiger charge is 2.36. The molecule has 2 aromatic heterocycles. The van der Waals surface area contributed by atoms with Gasteiger partial charge in [0.1, 0.15) is 18.2 Å². The molecule has 0 aliphatic heterocycles. The Balaban J connectivity index is 1.51. The largest absolute Gasteiger partial charge is 0.487 e. The summed E-state index contributed by atoms with van der Waals surface area (Å²) in [6.45, 7) is 1.90. The average molecular weight is 539 g/mol. The summed E-state index contributed by atoms with van der Waals surface area (Å²) >= 11 is 0. The fraction of sp³-hybridized carbons (Fsp3) is 0.0968. The van der Waals surface area contributed by atoms with Gasteiger partial charge in [-0.25, -0.2) is 9.78 Å². The van der Waals surface area contributed by atoms with E-state index in [0.29, 0.717) is 16.8 Å². The quantitative estimate of drug-likeness (QED) is 0.270. The number of hydrogen-bond acceptors (Lipinski definition) is 5. The first-order valence-corrected chi connectivity index (χ1v) is 12.2.